The third-order valence-corrected chi connectivity index (χ3v) is 6.99. The van der Waals surface area contributed by atoms with Crippen LogP contribution in [0.1, 0.15) is 25.3 Å². The van der Waals surface area contributed by atoms with Crippen molar-refractivity contribution >= 4 is 27.3 Å². The molecule has 1 aliphatic heterocycles. The molecule has 7 nitrogen and oxygen atoms in total. The number of carbonyl (C=O) groups excluding carboxylic acids is 1. The molecule has 0 saturated heterocycles. The largest absolute Gasteiger partial charge is 0.471 e. The fourth-order valence-corrected chi connectivity index (χ4v) is 4.97. The Kier molecular flexibility index (Phi) is 5.84. The smallest absolute Gasteiger partial charge is 0.264 e. The minimum Gasteiger partial charge on any atom is -0.471 e. The molecule has 2 unspecified atom stereocenters. The summed E-state index contributed by atoms with van der Waals surface area (Å²) < 4.78 is 46.7. The number of rotatable bonds is 5. The highest BCUT2D eigenvalue weighted by Crippen LogP contribution is 2.37. The van der Waals surface area contributed by atoms with E-state index in [1.165, 1.54) is 28.7 Å². The summed E-state index contributed by atoms with van der Waals surface area (Å²) in [6.07, 6.45) is 0.985. The van der Waals surface area contributed by atoms with Gasteiger partial charge in [-0.1, -0.05) is 30.3 Å². The zero-order valence-corrected chi connectivity index (χ0v) is 18.3. The molecule has 9 heteroatoms. The molecule has 1 amide bonds. The summed E-state index contributed by atoms with van der Waals surface area (Å²) in [6.45, 7) is 3.56. The molecule has 1 N–H and O–H groups in total. The second-order valence-electron chi connectivity index (χ2n) is 7.59. The predicted octanol–water partition coefficient (Wildman–Crippen LogP) is 3.94. The van der Waals surface area contributed by atoms with Crippen molar-refractivity contribution in [1.82, 2.24) is 4.98 Å². The van der Waals surface area contributed by atoms with Gasteiger partial charge in [-0.15, -0.1) is 0 Å². The number of benzene rings is 2. The van der Waals surface area contributed by atoms with Crippen molar-refractivity contribution < 1.29 is 22.3 Å². The van der Waals surface area contributed by atoms with Gasteiger partial charge in [-0.05, 0) is 49.7 Å². The number of nitrogens with one attached hydrogen (secondary N) is 1. The highest BCUT2D eigenvalue weighted by molar-refractivity contribution is 7.92. The van der Waals surface area contributed by atoms with Crippen molar-refractivity contribution in [1.29, 1.82) is 0 Å². The van der Waals surface area contributed by atoms with E-state index in [-0.39, 0.29) is 28.9 Å². The van der Waals surface area contributed by atoms with Crippen LogP contribution in [-0.4, -0.2) is 32.0 Å². The number of pyridine rings is 1. The van der Waals surface area contributed by atoms with Gasteiger partial charge in [-0.2, -0.15) is 0 Å². The first-order valence-electron chi connectivity index (χ1n) is 10.1. The monoisotopic (exact) mass is 455 g/mol. The van der Waals surface area contributed by atoms with Crippen LogP contribution in [0.25, 0.3) is 0 Å². The first kappa shape index (κ1) is 21.8. The number of hydrogen-bond donors (Lipinski definition) is 1. The molecule has 1 aromatic heterocycles. The molecule has 0 fully saturated rings. The molecule has 0 saturated carbocycles. The summed E-state index contributed by atoms with van der Waals surface area (Å²) in [5.41, 5.74) is 1.40. The zero-order valence-electron chi connectivity index (χ0n) is 17.5. The molecule has 2 atom stereocenters. The number of fused-ring (bicyclic) bond motifs is 1. The van der Waals surface area contributed by atoms with Gasteiger partial charge < -0.3 is 10.1 Å². The third kappa shape index (κ3) is 4.29. The summed E-state index contributed by atoms with van der Waals surface area (Å²) in [5.74, 6) is -1.05. The molecule has 4 rings (SSSR count). The van der Waals surface area contributed by atoms with E-state index in [0.717, 1.165) is 17.7 Å². The van der Waals surface area contributed by atoms with Crippen molar-refractivity contribution in [3.8, 4) is 5.88 Å². The Bertz CT molecular complexity index is 1230. The number of hydrogen-bond acceptors (Lipinski definition) is 5. The minimum absolute atomic E-state index is 0.0478. The molecule has 0 aliphatic carbocycles. The normalized spacial score (nSPS) is 16.6. The number of halogens is 1. The van der Waals surface area contributed by atoms with Gasteiger partial charge in [-0.3, -0.25) is 9.10 Å². The van der Waals surface area contributed by atoms with Gasteiger partial charge in [0.2, 0.25) is 11.8 Å². The highest BCUT2D eigenvalue weighted by atomic mass is 32.2. The van der Waals surface area contributed by atoms with Crippen molar-refractivity contribution in [3.05, 3.63) is 78.2 Å². The van der Waals surface area contributed by atoms with Crippen molar-refractivity contribution in [2.75, 3.05) is 16.2 Å². The number of sulfonamides is 1. The summed E-state index contributed by atoms with van der Waals surface area (Å²) >= 11 is 0. The summed E-state index contributed by atoms with van der Waals surface area (Å²) in [7, 11) is -4.00. The molecule has 2 heterocycles. The first-order chi connectivity index (χ1) is 15.3. The van der Waals surface area contributed by atoms with E-state index in [4.69, 9.17) is 4.74 Å². The van der Waals surface area contributed by atoms with Gasteiger partial charge in [0.05, 0.1) is 29.2 Å². The van der Waals surface area contributed by atoms with Gasteiger partial charge in [0.15, 0.2) is 0 Å². The Morgan fingerprint density at radius 3 is 2.56 bits per heavy atom. The molecule has 3 aromatic rings. The standard InChI is InChI=1S/C23H22FN3O4S/c1-15-14-27(32(29,30)20-10-8-18(24)9-11-20)21-12-19(13-25-23(21)31-15)26-22(28)16(2)17-6-4-3-5-7-17/h3-13,15-16H,14H2,1-2H3,(H,26,28). The lowest BCUT2D eigenvalue weighted by atomic mass is 10.0. The predicted molar refractivity (Wildman–Crippen MR) is 119 cm³/mol. The van der Waals surface area contributed by atoms with Gasteiger partial charge in [-0.25, -0.2) is 17.8 Å². The number of nitrogens with zero attached hydrogens (tertiary/aromatic N) is 2. The van der Waals surface area contributed by atoms with Crippen LogP contribution < -0.4 is 14.4 Å². The van der Waals surface area contributed by atoms with E-state index in [1.54, 1.807) is 13.8 Å². The third-order valence-electron chi connectivity index (χ3n) is 5.20. The van der Waals surface area contributed by atoms with Crippen LogP contribution in [0.5, 0.6) is 5.88 Å². The SMILES string of the molecule is CC1CN(S(=O)(=O)c2ccc(F)cc2)c2cc(NC(=O)C(C)c3ccccc3)cnc2O1. The van der Waals surface area contributed by atoms with Crippen molar-refractivity contribution in [2.45, 2.75) is 30.8 Å². The number of aromatic nitrogens is 1. The Morgan fingerprint density at radius 1 is 1.19 bits per heavy atom. The van der Waals surface area contributed by atoms with Crippen molar-refractivity contribution in [2.24, 2.45) is 0 Å². The fourth-order valence-electron chi connectivity index (χ4n) is 3.44. The average molecular weight is 456 g/mol. The van der Waals surface area contributed by atoms with Crippen LogP contribution in [0.4, 0.5) is 15.8 Å². The quantitative estimate of drug-likeness (QED) is 0.630. The topological polar surface area (TPSA) is 88.6 Å². The highest BCUT2D eigenvalue weighted by Gasteiger charge is 2.34. The number of anilines is 2. The Labute approximate surface area is 185 Å². The summed E-state index contributed by atoms with van der Waals surface area (Å²) in [6, 6.07) is 15.4. The fraction of sp³-hybridized carbons (Fsp3) is 0.217. The second kappa shape index (κ2) is 8.58. The summed E-state index contributed by atoms with van der Waals surface area (Å²) in [5, 5.41) is 2.79. The Balaban J connectivity index is 1.65. The Hall–Kier alpha value is -3.46. The van der Waals surface area contributed by atoms with Crippen LogP contribution in [0.3, 0.4) is 0 Å². The van der Waals surface area contributed by atoms with Gasteiger partial charge in [0.1, 0.15) is 17.6 Å². The van der Waals surface area contributed by atoms with E-state index < -0.39 is 27.9 Å². The van der Waals surface area contributed by atoms with Gasteiger partial charge >= 0.3 is 0 Å². The zero-order chi connectivity index (χ0) is 22.9. The maximum atomic E-state index is 13.3. The van der Waals surface area contributed by atoms with Gasteiger partial charge in [0, 0.05) is 0 Å². The number of amides is 1. The number of ether oxygens (including phenoxy) is 1. The molecule has 1 aliphatic rings. The molecule has 0 bridgehead atoms. The molecular weight excluding hydrogens is 433 g/mol. The minimum atomic E-state index is -4.00. The van der Waals surface area contributed by atoms with E-state index in [9.17, 15) is 17.6 Å². The van der Waals surface area contributed by atoms with Crippen LogP contribution >= 0.6 is 0 Å². The molecule has 0 spiro atoms. The molecule has 166 valence electrons. The van der Waals surface area contributed by atoms with E-state index in [1.807, 2.05) is 30.3 Å². The molecule has 32 heavy (non-hydrogen) atoms. The molecular formula is C23H22FN3O4S. The average Bonchev–Trinajstić information content (AvgIpc) is 2.79. The lowest BCUT2D eigenvalue weighted by Crippen LogP contribution is -2.42. The second-order valence-corrected chi connectivity index (χ2v) is 9.45. The number of carbonyl (C=O) groups is 1. The van der Waals surface area contributed by atoms with E-state index in [0.29, 0.717) is 5.69 Å². The van der Waals surface area contributed by atoms with Gasteiger partial charge in [0.25, 0.3) is 10.0 Å². The first-order valence-corrected chi connectivity index (χ1v) is 11.5. The Morgan fingerprint density at radius 2 is 1.88 bits per heavy atom. The van der Waals surface area contributed by atoms with E-state index >= 15 is 0 Å². The van der Waals surface area contributed by atoms with Crippen LogP contribution in [0.15, 0.2) is 71.8 Å². The van der Waals surface area contributed by atoms with E-state index in [2.05, 4.69) is 10.3 Å². The maximum Gasteiger partial charge on any atom is 0.264 e. The lowest BCUT2D eigenvalue weighted by molar-refractivity contribution is -0.117. The summed E-state index contributed by atoms with van der Waals surface area (Å²) in [4.78, 5) is 16.9. The molecule has 2 aromatic carbocycles. The van der Waals surface area contributed by atoms with Crippen LogP contribution in [-0.2, 0) is 14.8 Å². The van der Waals surface area contributed by atoms with Crippen LogP contribution in [0.2, 0.25) is 0 Å². The van der Waals surface area contributed by atoms with Crippen LogP contribution in [0, 0.1) is 5.82 Å². The maximum absolute atomic E-state index is 13.3. The molecule has 0 radical (unpaired) electrons. The lowest BCUT2D eigenvalue weighted by Gasteiger charge is -2.33. The van der Waals surface area contributed by atoms with Crippen molar-refractivity contribution in [3.63, 3.8) is 0 Å².